The summed E-state index contributed by atoms with van der Waals surface area (Å²) in [7, 11) is 0. The van der Waals surface area contributed by atoms with Gasteiger partial charge in [0.05, 0.1) is 5.56 Å². The van der Waals surface area contributed by atoms with E-state index in [9.17, 15) is 18.0 Å². The molecule has 0 aliphatic carbocycles. The van der Waals surface area contributed by atoms with Crippen LogP contribution >= 0.6 is 0 Å². The monoisotopic (exact) mass is 312 g/mol. The smallest absolute Gasteiger partial charge is 0.416 e. The molecule has 1 heterocycles. The van der Waals surface area contributed by atoms with E-state index < -0.39 is 17.7 Å². The molecule has 0 saturated carbocycles. The van der Waals surface area contributed by atoms with E-state index in [1.807, 2.05) is 0 Å². The van der Waals surface area contributed by atoms with Crippen LogP contribution in [-0.4, -0.2) is 11.1 Å². The third-order valence-electron chi connectivity index (χ3n) is 3.35. The molecule has 0 unspecified atom stereocenters. The summed E-state index contributed by atoms with van der Waals surface area (Å²) in [5.41, 5.74) is 0.720. The first-order valence-corrected chi connectivity index (χ1v) is 6.76. The highest BCUT2D eigenvalue weighted by Gasteiger charge is 2.30. The minimum absolute atomic E-state index is 0.0697. The number of halogens is 3. The van der Waals surface area contributed by atoms with Crippen molar-refractivity contribution in [3.63, 3.8) is 0 Å². The summed E-state index contributed by atoms with van der Waals surface area (Å²) >= 11 is 0. The van der Waals surface area contributed by atoms with Crippen molar-refractivity contribution in [2.24, 2.45) is 0 Å². The second-order valence-electron chi connectivity index (χ2n) is 5.01. The Labute approximate surface area is 125 Å². The number of carbonyl (C=O) groups is 1. The molecule has 0 spiro atoms. The summed E-state index contributed by atoms with van der Waals surface area (Å²) in [5.74, 6) is 0.279. The number of alkyl halides is 3. The average molecular weight is 312 g/mol. The molecular weight excluding hydrogens is 297 g/mol. The zero-order chi connectivity index (χ0) is 16.3. The van der Waals surface area contributed by atoms with Crippen LogP contribution in [-0.2, 0) is 17.4 Å². The summed E-state index contributed by atoms with van der Waals surface area (Å²) in [6, 6.07) is 6.50. The second kappa shape index (κ2) is 6.25. The van der Waals surface area contributed by atoms with E-state index in [0.29, 0.717) is 29.9 Å². The van der Waals surface area contributed by atoms with Crippen molar-refractivity contribution in [2.75, 3.05) is 0 Å². The van der Waals surface area contributed by atoms with Crippen LogP contribution in [0.25, 0.3) is 11.3 Å². The topological polar surface area (TPSA) is 50.4 Å². The van der Waals surface area contributed by atoms with Gasteiger partial charge in [-0.3, -0.25) is 4.79 Å². The Morgan fingerprint density at radius 1 is 1.23 bits per heavy atom. The summed E-state index contributed by atoms with van der Waals surface area (Å²) in [4.78, 5) is 10.5. The quantitative estimate of drug-likeness (QED) is 0.872. The van der Waals surface area contributed by atoms with E-state index in [2.05, 4.69) is 0 Å². The standard InChI is InChI=1S/C16H15F3O3/c1-10-12(3-2-4-15(20)21)9-14(22-10)11-5-7-13(8-6-11)16(17,18)19/h5-9H,2-4H2,1H3,(H,20,21). The summed E-state index contributed by atoms with van der Waals surface area (Å²) in [5, 5.41) is 8.62. The molecular formula is C16H15F3O3. The maximum absolute atomic E-state index is 12.5. The molecule has 0 bridgehead atoms. The lowest BCUT2D eigenvalue weighted by molar-refractivity contribution is -0.138. The summed E-state index contributed by atoms with van der Waals surface area (Å²) < 4.78 is 43.1. The molecule has 0 atom stereocenters. The van der Waals surface area contributed by atoms with E-state index in [-0.39, 0.29) is 6.42 Å². The van der Waals surface area contributed by atoms with Gasteiger partial charge in [-0.1, -0.05) is 12.1 Å². The second-order valence-corrected chi connectivity index (χ2v) is 5.01. The van der Waals surface area contributed by atoms with Crippen molar-refractivity contribution in [1.29, 1.82) is 0 Å². The molecule has 0 aliphatic rings. The predicted molar refractivity (Wildman–Crippen MR) is 74.5 cm³/mol. The molecule has 22 heavy (non-hydrogen) atoms. The Bertz CT molecular complexity index is 654. The molecule has 3 nitrogen and oxygen atoms in total. The molecule has 2 rings (SSSR count). The number of carboxylic acids is 1. The van der Waals surface area contributed by atoms with E-state index >= 15 is 0 Å². The molecule has 0 fully saturated rings. The van der Waals surface area contributed by atoms with Crippen LogP contribution in [0.1, 0.15) is 29.7 Å². The zero-order valence-corrected chi connectivity index (χ0v) is 11.9. The van der Waals surface area contributed by atoms with Gasteiger partial charge in [-0.05, 0) is 43.5 Å². The van der Waals surface area contributed by atoms with Crippen LogP contribution in [0.3, 0.4) is 0 Å². The molecule has 0 amide bonds. The van der Waals surface area contributed by atoms with E-state index in [0.717, 1.165) is 17.7 Å². The van der Waals surface area contributed by atoms with Crippen LogP contribution in [0.2, 0.25) is 0 Å². The molecule has 1 aromatic carbocycles. The van der Waals surface area contributed by atoms with Crippen molar-refractivity contribution >= 4 is 5.97 Å². The Morgan fingerprint density at radius 3 is 2.41 bits per heavy atom. The fourth-order valence-corrected chi connectivity index (χ4v) is 2.16. The molecule has 0 aliphatic heterocycles. The van der Waals surface area contributed by atoms with Gasteiger partial charge in [-0.2, -0.15) is 13.2 Å². The van der Waals surface area contributed by atoms with Crippen LogP contribution in [0.4, 0.5) is 13.2 Å². The summed E-state index contributed by atoms with van der Waals surface area (Å²) in [6.07, 6.45) is -3.25. The maximum atomic E-state index is 12.5. The number of carboxylic acid groups (broad SMARTS) is 1. The lowest BCUT2D eigenvalue weighted by Crippen LogP contribution is -2.03. The van der Waals surface area contributed by atoms with Crippen molar-refractivity contribution < 1.29 is 27.5 Å². The van der Waals surface area contributed by atoms with Gasteiger partial charge in [0.25, 0.3) is 0 Å². The fourth-order valence-electron chi connectivity index (χ4n) is 2.16. The van der Waals surface area contributed by atoms with Crippen molar-refractivity contribution in [1.82, 2.24) is 0 Å². The minimum atomic E-state index is -4.36. The van der Waals surface area contributed by atoms with Crippen LogP contribution in [0, 0.1) is 6.92 Å². The van der Waals surface area contributed by atoms with Crippen molar-refractivity contribution in [2.45, 2.75) is 32.4 Å². The number of hydrogen-bond acceptors (Lipinski definition) is 2. The maximum Gasteiger partial charge on any atom is 0.416 e. The molecule has 118 valence electrons. The van der Waals surface area contributed by atoms with Gasteiger partial charge in [0, 0.05) is 12.0 Å². The lowest BCUT2D eigenvalue weighted by Gasteiger charge is -2.06. The van der Waals surface area contributed by atoms with E-state index in [1.165, 1.54) is 12.1 Å². The van der Waals surface area contributed by atoms with Gasteiger partial charge in [-0.15, -0.1) is 0 Å². The number of rotatable bonds is 5. The fraction of sp³-hybridized carbons (Fsp3) is 0.312. The van der Waals surface area contributed by atoms with Crippen LogP contribution < -0.4 is 0 Å². The third-order valence-corrected chi connectivity index (χ3v) is 3.35. The lowest BCUT2D eigenvalue weighted by atomic mass is 10.1. The Hall–Kier alpha value is -2.24. The van der Waals surface area contributed by atoms with Gasteiger partial charge >= 0.3 is 12.1 Å². The number of aryl methyl sites for hydroxylation is 2. The van der Waals surface area contributed by atoms with Gasteiger partial charge in [-0.25, -0.2) is 0 Å². The highest BCUT2D eigenvalue weighted by atomic mass is 19.4. The van der Waals surface area contributed by atoms with Crippen LogP contribution in [0.5, 0.6) is 0 Å². The average Bonchev–Trinajstić information content (AvgIpc) is 2.79. The molecule has 6 heteroatoms. The SMILES string of the molecule is Cc1oc(-c2ccc(C(F)(F)F)cc2)cc1CCCC(=O)O. The van der Waals surface area contributed by atoms with E-state index in [1.54, 1.807) is 13.0 Å². The number of benzene rings is 1. The number of hydrogen-bond donors (Lipinski definition) is 1. The van der Waals surface area contributed by atoms with Gasteiger partial charge in [0.1, 0.15) is 11.5 Å². The Kier molecular flexibility index (Phi) is 4.59. The Balaban J connectivity index is 2.14. The highest BCUT2D eigenvalue weighted by molar-refractivity contribution is 5.66. The minimum Gasteiger partial charge on any atom is -0.481 e. The molecule has 1 aromatic heterocycles. The van der Waals surface area contributed by atoms with E-state index in [4.69, 9.17) is 9.52 Å². The van der Waals surface area contributed by atoms with Crippen molar-refractivity contribution in [3.8, 4) is 11.3 Å². The first kappa shape index (κ1) is 16.1. The molecule has 2 aromatic rings. The molecule has 1 N–H and O–H groups in total. The largest absolute Gasteiger partial charge is 0.481 e. The first-order valence-electron chi connectivity index (χ1n) is 6.76. The van der Waals surface area contributed by atoms with Crippen molar-refractivity contribution in [3.05, 3.63) is 47.2 Å². The predicted octanol–water partition coefficient (Wildman–Crippen LogP) is 4.68. The highest BCUT2D eigenvalue weighted by Crippen LogP contribution is 2.32. The molecule has 0 saturated heterocycles. The third kappa shape index (κ3) is 3.90. The summed E-state index contributed by atoms with van der Waals surface area (Å²) in [6.45, 7) is 1.75. The number of aliphatic carboxylic acids is 1. The Morgan fingerprint density at radius 2 is 1.86 bits per heavy atom. The van der Waals surface area contributed by atoms with Crippen LogP contribution in [0.15, 0.2) is 34.7 Å². The zero-order valence-electron chi connectivity index (χ0n) is 11.9. The van der Waals surface area contributed by atoms with Gasteiger partial charge in [0.2, 0.25) is 0 Å². The molecule has 0 radical (unpaired) electrons. The number of furan rings is 1. The van der Waals surface area contributed by atoms with Gasteiger partial charge < -0.3 is 9.52 Å². The normalized spacial score (nSPS) is 11.6. The first-order chi connectivity index (χ1) is 10.3. The van der Waals surface area contributed by atoms with Gasteiger partial charge in [0.15, 0.2) is 0 Å².